The average molecular weight is 348 g/mol. The van der Waals surface area contributed by atoms with Crippen LogP contribution in [0.15, 0.2) is 29.0 Å². The summed E-state index contributed by atoms with van der Waals surface area (Å²) in [5, 5.41) is 13.9. The van der Waals surface area contributed by atoms with E-state index in [4.69, 9.17) is 16.7 Å². The molecule has 0 spiro atoms. The summed E-state index contributed by atoms with van der Waals surface area (Å²) in [4.78, 5) is 13.9. The van der Waals surface area contributed by atoms with Crippen LogP contribution in [0.1, 0.15) is 23.3 Å². The fraction of sp³-hybridized carbons (Fsp3) is 0.375. The molecule has 1 atom stereocenters. The Bertz CT molecular complexity index is 654. The molecule has 0 aromatic carbocycles. The highest BCUT2D eigenvalue weighted by molar-refractivity contribution is 7.14. The molecular weight excluding hydrogens is 328 g/mol. The average Bonchev–Trinajstić information content (AvgIpc) is 3.28. The van der Waals surface area contributed by atoms with Gasteiger partial charge >= 0.3 is 0 Å². The number of hydrogen-bond donors (Lipinski definition) is 2. The third kappa shape index (κ3) is 5.06. The van der Waals surface area contributed by atoms with Gasteiger partial charge in [0, 0.05) is 24.4 Å². The van der Waals surface area contributed by atoms with Crippen molar-refractivity contribution in [2.45, 2.75) is 25.3 Å². The van der Waals surface area contributed by atoms with Gasteiger partial charge in [-0.25, -0.2) is 0 Å². The number of rotatable bonds is 4. The Morgan fingerprint density at radius 3 is 2.61 bits per heavy atom. The van der Waals surface area contributed by atoms with Gasteiger partial charge in [-0.2, -0.15) is 5.26 Å². The first-order chi connectivity index (χ1) is 11.1. The summed E-state index contributed by atoms with van der Waals surface area (Å²) < 4.78 is 0. The summed E-state index contributed by atoms with van der Waals surface area (Å²) in [6.45, 7) is 2.24. The second-order valence-electron chi connectivity index (χ2n) is 5.24. The number of hydrogen-bond acceptors (Lipinski definition) is 6. The van der Waals surface area contributed by atoms with E-state index in [1.54, 1.807) is 22.7 Å². The Morgan fingerprint density at radius 1 is 1.30 bits per heavy atom. The Kier molecular flexibility index (Phi) is 6.59. The zero-order chi connectivity index (χ0) is 16.7. The Labute approximate surface area is 144 Å². The van der Waals surface area contributed by atoms with Crippen LogP contribution in [-0.4, -0.2) is 25.0 Å². The molecule has 3 heterocycles. The second kappa shape index (κ2) is 8.67. The molecule has 4 N–H and O–H groups in total. The smallest absolute Gasteiger partial charge is 0.234 e. The molecule has 23 heavy (non-hydrogen) atoms. The summed E-state index contributed by atoms with van der Waals surface area (Å²) in [5.41, 5.74) is 11.3. The highest BCUT2D eigenvalue weighted by atomic mass is 32.1. The van der Waals surface area contributed by atoms with Crippen molar-refractivity contribution < 1.29 is 4.79 Å². The van der Waals surface area contributed by atoms with Gasteiger partial charge in [0.1, 0.15) is 11.1 Å². The molecular formula is C16H20N4OS2. The lowest BCUT2D eigenvalue weighted by Gasteiger charge is -2.14. The summed E-state index contributed by atoms with van der Waals surface area (Å²) in [6.07, 6.45) is 3.08. The Morgan fingerprint density at radius 2 is 2.04 bits per heavy atom. The fourth-order valence-corrected chi connectivity index (χ4v) is 3.97. The Hall–Kier alpha value is -1.88. The first kappa shape index (κ1) is 17.5. The molecule has 7 heteroatoms. The molecule has 122 valence electrons. The molecule has 5 nitrogen and oxygen atoms in total. The number of carbonyl (C=O) groups is 1. The monoisotopic (exact) mass is 348 g/mol. The number of amides is 1. The van der Waals surface area contributed by atoms with Gasteiger partial charge < -0.3 is 16.4 Å². The molecule has 0 aliphatic carbocycles. The van der Waals surface area contributed by atoms with Gasteiger partial charge in [0.05, 0.1) is 11.6 Å². The predicted molar refractivity (Wildman–Crippen MR) is 95.7 cm³/mol. The third-order valence-corrected chi connectivity index (χ3v) is 5.40. The van der Waals surface area contributed by atoms with Gasteiger partial charge in [0.2, 0.25) is 5.91 Å². The number of anilines is 1. The molecule has 1 aliphatic rings. The van der Waals surface area contributed by atoms with E-state index in [0.29, 0.717) is 6.42 Å². The number of primary amides is 1. The minimum atomic E-state index is -0.548. The lowest BCUT2D eigenvalue weighted by molar-refractivity contribution is -0.119. The zero-order valence-corrected chi connectivity index (χ0v) is 14.4. The maximum atomic E-state index is 10.5. The lowest BCUT2D eigenvalue weighted by Crippen LogP contribution is -2.37. The van der Waals surface area contributed by atoms with Crippen LogP contribution < -0.4 is 16.4 Å². The van der Waals surface area contributed by atoms with Crippen molar-refractivity contribution in [1.82, 2.24) is 0 Å². The molecule has 2 aromatic rings. The molecule has 0 bridgehead atoms. The molecule has 1 amide bonds. The Balaban J connectivity index is 0.000000168. The van der Waals surface area contributed by atoms with Crippen molar-refractivity contribution in [1.29, 1.82) is 5.26 Å². The first-order valence-corrected chi connectivity index (χ1v) is 9.17. The van der Waals surface area contributed by atoms with Crippen LogP contribution in [0.5, 0.6) is 0 Å². The van der Waals surface area contributed by atoms with Crippen LogP contribution in [0.2, 0.25) is 0 Å². The van der Waals surface area contributed by atoms with Crippen LogP contribution in [0.4, 0.5) is 5.00 Å². The SMILES string of the molecule is N#Cc1ccsc1N1CCCC1.NC(=O)[C@@H](N)Cc1cccs1. The van der Waals surface area contributed by atoms with Crippen LogP contribution in [-0.2, 0) is 11.2 Å². The fourth-order valence-electron chi connectivity index (χ4n) is 2.30. The molecule has 3 rings (SSSR count). The number of carbonyl (C=O) groups excluding carboxylic acids is 1. The summed E-state index contributed by atoms with van der Waals surface area (Å²) in [7, 11) is 0. The van der Waals surface area contributed by atoms with Gasteiger partial charge in [0.25, 0.3) is 0 Å². The van der Waals surface area contributed by atoms with Crippen molar-refractivity contribution in [2.24, 2.45) is 11.5 Å². The maximum absolute atomic E-state index is 10.5. The highest BCUT2D eigenvalue weighted by Crippen LogP contribution is 2.29. The molecule has 0 saturated carbocycles. The van der Waals surface area contributed by atoms with E-state index in [1.807, 2.05) is 29.0 Å². The summed E-state index contributed by atoms with van der Waals surface area (Å²) >= 11 is 3.26. The molecule has 0 unspecified atom stereocenters. The van der Waals surface area contributed by atoms with Gasteiger partial charge in [0.15, 0.2) is 0 Å². The van der Waals surface area contributed by atoms with E-state index in [1.165, 1.54) is 12.8 Å². The molecule has 2 aromatic heterocycles. The second-order valence-corrected chi connectivity index (χ2v) is 7.16. The quantitative estimate of drug-likeness (QED) is 0.886. The van der Waals surface area contributed by atoms with Gasteiger partial charge in [-0.3, -0.25) is 4.79 Å². The summed E-state index contributed by atoms with van der Waals surface area (Å²) in [6, 6.07) is 7.44. The van der Waals surface area contributed by atoms with Crippen LogP contribution in [0.3, 0.4) is 0 Å². The van der Waals surface area contributed by atoms with Crippen LogP contribution >= 0.6 is 22.7 Å². The number of nitrogens with zero attached hydrogens (tertiary/aromatic N) is 2. The van der Waals surface area contributed by atoms with E-state index >= 15 is 0 Å². The zero-order valence-electron chi connectivity index (χ0n) is 12.8. The van der Waals surface area contributed by atoms with Crippen molar-refractivity contribution in [3.05, 3.63) is 39.4 Å². The number of thiophene rings is 2. The standard InChI is InChI=1S/C9H10N2S.C7H10N2OS/c10-7-8-3-6-12-9(8)11-4-1-2-5-11;8-6(7(9)10)4-5-2-1-3-11-5/h3,6H,1-2,4-5H2;1-3,6H,4,8H2,(H2,9,10)/t;6-/m.0/s1. The largest absolute Gasteiger partial charge is 0.368 e. The molecule has 1 aliphatic heterocycles. The molecule has 1 fully saturated rings. The van der Waals surface area contributed by atoms with Crippen molar-refractivity contribution in [2.75, 3.05) is 18.0 Å². The van der Waals surface area contributed by atoms with Crippen molar-refractivity contribution in [3.8, 4) is 6.07 Å². The third-order valence-electron chi connectivity index (χ3n) is 3.53. The minimum absolute atomic E-state index is 0.446. The van der Waals surface area contributed by atoms with E-state index < -0.39 is 11.9 Å². The number of nitriles is 1. The highest BCUT2D eigenvalue weighted by Gasteiger charge is 2.16. The predicted octanol–water partition coefficient (Wildman–Crippen LogP) is 2.32. The van der Waals surface area contributed by atoms with E-state index in [9.17, 15) is 4.79 Å². The summed E-state index contributed by atoms with van der Waals surface area (Å²) in [5.74, 6) is -0.446. The number of nitrogens with two attached hydrogens (primary N) is 2. The maximum Gasteiger partial charge on any atom is 0.234 e. The normalized spacial score (nSPS) is 14.7. The van der Waals surface area contributed by atoms with E-state index in [2.05, 4.69) is 11.0 Å². The van der Waals surface area contributed by atoms with Crippen LogP contribution in [0.25, 0.3) is 0 Å². The van der Waals surface area contributed by atoms with Crippen molar-refractivity contribution in [3.63, 3.8) is 0 Å². The van der Waals surface area contributed by atoms with Gasteiger partial charge in [-0.05, 0) is 35.7 Å². The van der Waals surface area contributed by atoms with E-state index in [-0.39, 0.29) is 0 Å². The van der Waals surface area contributed by atoms with Crippen molar-refractivity contribution >= 4 is 33.6 Å². The molecule has 1 saturated heterocycles. The first-order valence-electron chi connectivity index (χ1n) is 7.41. The van der Waals surface area contributed by atoms with Gasteiger partial charge in [-0.1, -0.05) is 6.07 Å². The molecule has 0 radical (unpaired) electrons. The topological polar surface area (TPSA) is 96.1 Å². The van der Waals surface area contributed by atoms with Crippen LogP contribution in [0, 0.1) is 11.3 Å². The van der Waals surface area contributed by atoms with E-state index in [0.717, 1.165) is 28.5 Å². The minimum Gasteiger partial charge on any atom is -0.368 e. The lowest BCUT2D eigenvalue weighted by atomic mass is 10.2. The van der Waals surface area contributed by atoms with Gasteiger partial charge in [-0.15, -0.1) is 22.7 Å².